The number of benzene rings is 1. The van der Waals surface area contributed by atoms with Gasteiger partial charge in [0.25, 0.3) is 0 Å². The predicted octanol–water partition coefficient (Wildman–Crippen LogP) is 6.97. The highest BCUT2D eigenvalue weighted by Gasteiger charge is 2.24. The fraction of sp³-hybridized carbons (Fsp3) is 0.606. The molecule has 7 heteroatoms. The fourth-order valence-corrected chi connectivity index (χ4v) is 5.76. The fourth-order valence-electron chi connectivity index (χ4n) is 4.82. The van der Waals surface area contributed by atoms with Gasteiger partial charge < -0.3 is 9.84 Å². The quantitative estimate of drug-likeness (QED) is 0.0405. The zero-order chi connectivity index (χ0) is 29.2. The number of carbonyl (C=O) groups excluding carboxylic acids is 1. The number of para-hydroxylation sites is 1. The zero-order valence-corrected chi connectivity index (χ0v) is 25.9. The van der Waals surface area contributed by atoms with Crippen LogP contribution in [0.2, 0.25) is 0 Å². The van der Waals surface area contributed by atoms with Crippen molar-refractivity contribution in [1.29, 1.82) is 0 Å². The molecule has 0 saturated carbocycles. The van der Waals surface area contributed by atoms with Crippen molar-refractivity contribution in [3.63, 3.8) is 0 Å². The molecule has 2 rings (SSSR count). The molecule has 0 fully saturated rings. The maximum atomic E-state index is 13.6. The lowest BCUT2D eigenvalue weighted by Crippen LogP contribution is -2.45. The summed E-state index contributed by atoms with van der Waals surface area (Å²) in [6, 6.07) is 9.39. The van der Waals surface area contributed by atoms with Gasteiger partial charge in [-0.05, 0) is 43.7 Å². The highest BCUT2D eigenvalue weighted by Crippen LogP contribution is 2.21. The van der Waals surface area contributed by atoms with Crippen LogP contribution in [0.15, 0.2) is 52.4 Å². The molecule has 40 heavy (non-hydrogen) atoms. The number of rotatable bonds is 21. The molecule has 222 valence electrons. The van der Waals surface area contributed by atoms with Crippen molar-refractivity contribution in [2.24, 2.45) is 7.05 Å². The van der Waals surface area contributed by atoms with Gasteiger partial charge in [-0.2, -0.15) is 4.57 Å². The van der Waals surface area contributed by atoms with Gasteiger partial charge in [0, 0.05) is 11.3 Å². The standard InChI is InChI=1S/C33H50N2O4S/c1-5-6-7-8-9-10-11-12-13-14-15-16-17-21-24-29-30(36)34(4)33(40-26-25-39-32(38)27(2)3)35(31(29)37)28-22-19-18-20-23-28/h18-20,22-23H,2,5-17,21,24-26H2,1,3-4H3. The molecular formula is C33H50N2O4S. The summed E-state index contributed by atoms with van der Waals surface area (Å²) < 4.78 is 8.37. The Morgan fingerprint density at radius 1 is 0.925 bits per heavy atom. The molecule has 0 saturated heterocycles. The van der Waals surface area contributed by atoms with Crippen LogP contribution in [0, 0.1) is 0 Å². The molecule has 0 atom stereocenters. The summed E-state index contributed by atoms with van der Waals surface area (Å²) in [6.07, 6.45) is 18.2. The van der Waals surface area contributed by atoms with Gasteiger partial charge in [0.05, 0.1) is 18.5 Å². The number of ether oxygens (including phenoxy) is 1. The van der Waals surface area contributed by atoms with E-state index in [-0.39, 0.29) is 18.0 Å². The number of hydrogen-bond donors (Lipinski definition) is 0. The van der Waals surface area contributed by atoms with E-state index in [4.69, 9.17) is 4.74 Å². The second-order valence-corrected chi connectivity index (χ2v) is 11.8. The Labute approximate surface area is 245 Å². The van der Waals surface area contributed by atoms with Crippen molar-refractivity contribution in [1.82, 2.24) is 4.57 Å². The van der Waals surface area contributed by atoms with Gasteiger partial charge in [0.15, 0.2) is 0 Å². The van der Waals surface area contributed by atoms with E-state index in [1.807, 2.05) is 30.3 Å². The predicted molar refractivity (Wildman–Crippen MR) is 163 cm³/mol. The molecule has 0 bridgehead atoms. The molecule has 0 amide bonds. The minimum Gasteiger partial charge on any atom is -0.842 e. The molecule has 2 aromatic rings. The highest BCUT2D eigenvalue weighted by atomic mass is 32.2. The Bertz CT molecular complexity index is 1100. The smallest absolute Gasteiger partial charge is 0.345 e. The first-order chi connectivity index (χ1) is 19.4. The van der Waals surface area contributed by atoms with Crippen LogP contribution in [-0.4, -0.2) is 22.9 Å². The van der Waals surface area contributed by atoms with Gasteiger partial charge in [0.2, 0.25) is 0 Å². The Hall–Kier alpha value is -2.54. The first kappa shape index (κ1) is 33.7. The summed E-state index contributed by atoms with van der Waals surface area (Å²) in [5.41, 5.74) is 1.13. The Morgan fingerprint density at radius 2 is 1.45 bits per heavy atom. The number of hydrogen-bond acceptors (Lipinski definition) is 5. The van der Waals surface area contributed by atoms with Crippen LogP contribution >= 0.6 is 11.8 Å². The molecule has 1 aromatic heterocycles. The SMILES string of the molecule is C=C(C)C(=O)OCCSc1n(-c2ccccc2)c(=O)c(CCCCCCCCCCCCCCCC)c([O-])[n+]1C. The van der Waals surface area contributed by atoms with Gasteiger partial charge in [0.1, 0.15) is 12.3 Å². The Kier molecular flexibility index (Phi) is 16.4. The van der Waals surface area contributed by atoms with Crippen LogP contribution in [0.25, 0.3) is 5.69 Å². The van der Waals surface area contributed by atoms with Gasteiger partial charge in [-0.3, -0.25) is 0 Å². The summed E-state index contributed by atoms with van der Waals surface area (Å²) in [6.45, 7) is 7.61. The summed E-state index contributed by atoms with van der Waals surface area (Å²) in [4.78, 5) is 25.3. The minimum atomic E-state index is -0.446. The molecule has 0 N–H and O–H groups in total. The van der Waals surface area contributed by atoms with Crippen molar-refractivity contribution in [3.8, 4) is 11.6 Å². The molecule has 0 unspecified atom stereocenters. The first-order valence-electron chi connectivity index (χ1n) is 15.2. The number of thioether (sulfide) groups is 1. The monoisotopic (exact) mass is 570 g/mol. The largest absolute Gasteiger partial charge is 0.842 e. The van der Waals surface area contributed by atoms with Gasteiger partial charge >= 0.3 is 16.7 Å². The van der Waals surface area contributed by atoms with Crippen LogP contribution in [0.4, 0.5) is 0 Å². The Morgan fingerprint density at radius 3 is 1.98 bits per heavy atom. The third-order valence-corrected chi connectivity index (χ3v) is 8.28. The maximum Gasteiger partial charge on any atom is 0.345 e. The number of aromatic nitrogens is 2. The molecule has 0 spiro atoms. The lowest BCUT2D eigenvalue weighted by atomic mass is 10.0. The molecule has 0 aliphatic rings. The summed E-state index contributed by atoms with van der Waals surface area (Å²) in [5, 5.41) is 13.8. The zero-order valence-electron chi connectivity index (χ0n) is 25.1. The molecule has 1 aromatic carbocycles. The molecule has 0 radical (unpaired) electrons. The van der Waals surface area contributed by atoms with Gasteiger partial charge in [-0.1, -0.05) is 115 Å². The third-order valence-electron chi connectivity index (χ3n) is 7.19. The van der Waals surface area contributed by atoms with E-state index in [0.29, 0.717) is 34.2 Å². The summed E-state index contributed by atoms with van der Waals surface area (Å²) in [7, 11) is 1.71. The molecule has 1 heterocycles. The first-order valence-corrected chi connectivity index (χ1v) is 16.2. The van der Waals surface area contributed by atoms with Crippen molar-refractivity contribution in [2.75, 3.05) is 12.4 Å². The van der Waals surface area contributed by atoms with Crippen LogP contribution in [-0.2, 0) is 23.0 Å². The van der Waals surface area contributed by atoms with E-state index < -0.39 is 5.97 Å². The van der Waals surface area contributed by atoms with Crippen LogP contribution in [0.3, 0.4) is 0 Å². The average molecular weight is 571 g/mol. The molecule has 0 aliphatic heterocycles. The maximum absolute atomic E-state index is 13.6. The number of nitrogens with zero attached hydrogens (tertiary/aromatic N) is 2. The van der Waals surface area contributed by atoms with Crippen molar-refractivity contribution in [3.05, 3.63) is 58.4 Å². The normalized spacial score (nSPS) is 11.1. The lowest BCUT2D eigenvalue weighted by molar-refractivity contribution is -0.752. The lowest BCUT2D eigenvalue weighted by Gasteiger charge is -2.18. The van der Waals surface area contributed by atoms with E-state index in [9.17, 15) is 14.7 Å². The van der Waals surface area contributed by atoms with Crippen LogP contribution in [0.5, 0.6) is 5.88 Å². The van der Waals surface area contributed by atoms with Crippen molar-refractivity contribution < 1.29 is 19.2 Å². The van der Waals surface area contributed by atoms with E-state index in [0.717, 1.165) is 19.3 Å². The van der Waals surface area contributed by atoms with E-state index in [1.54, 1.807) is 23.1 Å². The second kappa shape index (κ2) is 19.5. The number of esters is 1. The second-order valence-electron chi connectivity index (χ2n) is 10.7. The van der Waals surface area contributed by atoms with Crippen LogP contribution < -0.4 is 15.2 Å². The third kappa shape index (κ3) is 11.5. The highest BCUT2D eigenvalue weighted by molar-refractivity contribution is 7.99. The average Bonchev–Trinajstić information content (AvgIpc) is 2.95. The van der Waals surface area contributed by atoms with Crippen molar-refractivity contribution in [2.45, 2.75) is 115 Å². The van der Waals surface area contributed by atoms with Crippen LogP contribution in [0.1, 0.15) is 109 Å². The van der Waals surface area contributed by atoms with Gasteiger partial charge in [-0.15, -0.1) is 0 Å². The summed E-state index contributed by atoms with van der Waals surface area (Å²) in [5.74, 6) is -0.275. The number of unbranched alkanes of at least 4 members (excludes halogenated alkanes) is 13. The topological polar surface area (TPSA) is 75.2 Å². The van der Waals surface area contributed by atoms with E-state index in [2.05, 4.69) is 13.5 Å². The Balaban J connectivity index is 1.88. The molecule has 6 nitrogen and oxygen atoms in total. The molecule has 0 aliphatic carbocycles. The van der Waals surface area contributed by atoms with Crippen molar-refractivity contribution >= 4 is 17.7 Å². The summed E-state index contributed by atoms with van der Waals surface area (Å²) >= 11 is 1.33. The molecular weight excluding hydrogens is 520 g/mol. The van der Waals surface area contributed by atoms with Gasteiger partial charge in [-0.25, -0.2) is 14.2 Å². The number of carbonyl (C=O) groups is 1. The van der Waals surface area contributed by atoms with E-state index >= 15 is 0 Å². The van der Waals surface area contributed by atoms with E-state index in [1.165, 1.54) is 82.4 Å². The minimum absolute atomic E-state index is 0.161.